The second-order valence-electron chi connectivity index (χ2n) is 4.31. The molecule has 2 amide bonds. The number of nitrogens with zero attached hydrogens (tertiary/aromatic N) is 1. The molecule has 0 aliphatic carbocycles. The van der Waals surface area contributed by atoms with Gasteiger partial charge in [-0.3, -0.25) is 4.79 Å². The summed E-state index contributed by atoms with van der Waals surface area (Å²) < 4.78 is 5.26. The quantitative estimate of drug-likeness (QED) is 0.438. The van der Waals surface area contributed by atoms with Gasteiger partial charge in [0.2, 0.25) is 0 Å². The maximum Gasteiger partial charge on any atom is 0.321 e. The van der Waals surface area contributed by atoms with Gasteiger partial charge in [0.25, 0.3) is 0 Å². The molecule has 2 unspecified atom stereocenters. The number of esters is 1. The number of amides is 2. The highest BCUT2D eigenvalue weighted by atomic mass is 32.2. The maximum absolute atomic E-state index is 11.6. The Morgan fingerprint density at radius 1 is 1.56 bits per heavy atom. The van der Waals surface area contributed by atoms with E-state index in [4.69, 9.17) is 4.74 Å². The van der Waals surface area contributed by atoms with E-state index in [0.717, 1.165) is 12.0 Å². The van der Waals surface area contributed by atoms with Crippen molar-refractivity contribution in [3.63, 3.8) is 0 Å². The first-order valence-electron chi connectivity index (χ1n) is 6.00. The molecule has 2 fully saturated rings. The van der Waals surface area contributed by atoms with Gasteiger partial charge >= 0.3 is 12.0 Å². The Labute approximate surface area is 109 Å². The topological polar surface area (TPSA) is 75.7 Å². The first-order valence-corrected chi connectivity index (χ1v) is 7.16. The average molecular weight is 272 g/mol. The van der Waals surface area contributed by atoms with Gasteiger partial charge in [-0.1, -0.05) is 0 Å². The number of unbranched alkanes of at least 4 members (excludes halogenated alkanes) is 2. The molecule has 0 radical (unpaired) electrons. The van der Waals surface area contributed by atoms with Crippen molar-refractivity contribution < 1.29 is 19.1 Å². The summed E-state index contributed by atoms with van der Waals surface area (Å²) >= 11 is 1.66. The number of fused-ring (bicyclic) bond motifs is 1. The Kier molecular flexibility index (Phi) is 4.46. The van der Waals surface area contributed by atoms with Crippen LogP contribution in [0.5, 0.6) is 0 Å². The number of nitrogens with one attached hydrogen (secondary N) is 1. The van der Waals surface area contributed by atoms with Crippen molar-refractivity contribution in [2.75, 3.05) is 11.6 Å². The van der Waals surface area contributed by atoms with E-state index in [1.165, 1.54) is 0 Å². The molecule has 0 spiro atoms. The highest BCUT2D eigenvalue weighted by Crippen LogP contribution is 2.28. The number of urea groups is 1. The number of carbonyl (C=O) groups excluding carboxylic acids is 3. The van der Waals surface area contributed by atoms with Crippen molar-refractivity contribution in [3.8, 4) is 0 Å². The molecule has 7 heteroatoms. The summed E-state index contributed by atoms with van der Waals surface area (Å²) in [4.78, 5) is 34.9. The van der Waals surface area contributed by atoms with Gasteiger partial charge in [0.05, 0.1) is 11.9 Å². The highest BCUT2D eigenvalue weighted by Gasteiger charge is 2.44. The van der Waals surface area contributed by atoms with Crippen LogP contribution in [0.4, 0.5) is 4.79 Å². The summed E-state index contributed by atoms with van der Waals surface area (Å²) in [6.07, 6.45) is 2.42. The van der Waals surface area contributed by atoms with Crippen LogP contribution in [0, 0.1) is 0 Å². The number of ether oxygens (including phenoxy) is 1. The Balaban J connectivity index is 1.74. The van der Waals surface area contributed by atoms with E-state index in [1.54, 1.807) is 16.7 Å². The normalized spacial score (nSPS) is 25.8. The van der Waals surface area contributed by atoms with Gasteiger partial charge in [-0.15, -0.1) is 11.8 Å². The Morgan fingerprint density at radius 3 is 3.17 bits per heavy atom. The van der Waals surface area contributed by atoms with E-state index in [9.17, 15) is 14.4 Å². The molecule has 6 nitrogen and oxygen atoms in total. The van der Waals surface area contributed by atoms with E-state index < -0.39 is 6.23 Å². The lowest BCUT2D eigenvalue weighted by Crippen LogP contribution is -2.38. The standard InChI is InChI=1S/C11H16N2O4S/c14-5-3-1-2-4-9(15)17-10-8-6-18-7-13(8)11(16)12-10/h5,8,10H,1-4,6-7H2,(H,12,16). The lowest BCUT2D eigenvalue weighted by Gasteiger charge is -2.17. The minimum Gasteiger partial charge on any atom is -0.439 e. The highest BCUT2D eigenvalue weighted by molar-refractivity contribution is 7.99. The van der Waals surface area contributed by atoms with E-state index in [2.05, 4.69) is 5.32 Å². The first kappa shape index (κ1) is 13.2. The monoisotopic (exact) mass is 272 g/mol. The van der Waals surface area contributed by atoms with Crippen LogP contribution in [0.25, 0.3) is 0 Å². The SMILES string of the molecule is O=CCCCCC(=O)OC1NC(=O)N2CSCC12. The third-order valence-electron chi connectivity index (χ3n) is 3.01. The van der Waals surface area contributed by atoms with Gasteiger partial charge in [0.1, 0.15) is 6.29 Å². The molecule has 1 N–H and O–H groups in total. The van der Waals surface area contributed by atoms with Crippen LogP contribution in [0.15, 0.2) is 0 Å². The van der Waals surface area contributed by atoms with Crippen LogP contribution in [0.2, 0.25) is 0 Å². The van der Waals surface area contributed by atoms with Gasteiger partial charge in [-0.05, 0) is 12.8 Å². The lowest BCUT2D eigenvalue weighted by atomic mass is 10.2. The zero-order chi connectivity index (χ0) is 13.0. The Bertz CT molecular complexity index is 350. The molecule has 2 atom stereocenters. The number of hydrogen-bond acceptors (Lipinski definition) is 5. The fraction of sp³-hybridized carbons (Fsp3) is 0.727. The van der Waals surface area contributed by atoms with Crippen LogP contribution < -0.4 is 5.32 Å². The zero-order valence-corrected chi connectivity index (χ0v) is 10.8. The maximum atomic E-state index is 11.6. The molecular weight excluding hydrogens is 256 g/mol. The second-order valence-corrected chi connectivity index (χ2v) is 5.31. The zero-order valence-electron chi connectivity index (χ0n) is 9.96. The number of hydrogen-bond donors (Lipinski definition) is 1. The predicted molar refractivity (Wildman–Crippen MR) is 65.9 cm³/mol. The van der Waals surface area contributed by atoms with Crippen LogP contribution in [-0.2, 0) is 14.3 Å². The molecule has 0 saturated carbocycles. The van der Waals surface area contributed by atoms with Gasteiger partial charge < -0.3 is 19.7 Å². The molecular formula is C11H16N2O4S. The molecule has 18 heavy (non-hydrogen) atoms. The lowest BCUT2D eigenvalue weighted by molar-refractivity contribution is -0.150. The van der Waals surface area contributed by atoms with E-state index in [0.29, 0.717) is 31.6 Å². The van der Waals surface area contributed by atoms with E-state index >= 15 is 0 Å². The summed E-state index contributed by atoms with van der Waals surface area (Å²) in [6.45, 7) is 0. The molecule has 100 valence electrons. The van der Waals surface area contributed by atoms with Crippen LogP contribution in [0.1, 0.15) is 25.7 Å². The largest absolute Gasteiger partial charge is 0.439 e. The molecule has 2 aliphatic heterocycles. The van der Waals surface area contributed by atoms with E-state index in [-0.39, 0.29) is 18.0 Å². The third kappa shape index (κ3) is 2.95. The van der Waals surface area contributed by atoms with Gasteiger partial charge in [-0.25, -0.2) is 4.79 Å². The summed E-state index contributed by atoms with van der Waals surface area (Å²) in [5.74, 6) is 1.14. The van der Waals surface area contributed by atoms with Gasteiger partial charge in [-0.2, -0.15) is 0 Å². The van der Waals surface area contributed by atoms with Crippen LogP contribution in [-0.4, -0.2) is 47.1 Å². The molecule has 0 bridgehead atoms. The minimum absolute atomic E-state index is 0.0403. The van der Waals surface area contributed by atoms with Crippen LogP contribution in [0.3, 0.4) is 0 Å². The number of thioether (sulfide) groups is 1. The summed E-state index contributed by atoms with van der Waals surface area (Å²) in [5, 5.41) is 2.66. The third-order valence-corrected chi connectivity index (χ3v) is 4.04. The smallest absolute Gasteiger partial charge is 0.321 e. The van der Waals surface area contributed by atoms with Gasteiger partial charge in [0.15, 0.2) is 6.23 Å². The Morgan fingerprint density at radius 2 is 2.39 bits per heavy atom. The number of aldehydes is 1. The molecule has 0 aromatic carbocycles. The number of carbonyl (C=O) groups is 3. The molecule has 2 aliphatic rings. The van der Waals surface area contributed by atoms with Crippen molar-refractivity contribution in [1.82, 2.24) is 10.2 Å². The molecule has 2 saturated heterocycles. The molecule has 0 aromatic heterocycles. The molecule has 2 rings (SSSR count). The fourth-order valence-electron chi connectivity index (χ4n) is 2.02. The minimum atomic E-state index is -0.522. The summed E-state index contributed by atoms with van der Waals surface area (Å²) in [6, 6.07) is -0.204. The van der Waals surface area contributed by atoms with Crippen molar-refractivity contribution in [3.05, 3.63) is 0 Å². The van der Waals surface area contributed by atoms with Gasteiger partial charge in [0, 0.05) is 18.6 Å². The Hall–Kier alpha value is -1.24. The predicted octanol–water partition coefficient (Wildman–Crippen LogP) is 0.713. The summed E-state index contributed by atoms with van der Waals surface area (Å²) in [7, 11) is 0. The van der Waals surface area contributed by atoms with Crippen molar-refractivity contribution >= 4 is 30.0 Å². The molecule has 0 aromatic rings. The molecule has 2 heterocycles. The van der Waals surface area contributed by atoms with E-state index in [1.807, 2.05) is 0 Å². The van der Waals surface area contributed by atoms with Crippen molar-refractivity contribution in [2.45, 2.75) is 38.0 Å². The fourth-order valence-corrected chi connectivity index (χ4v) is 3.23. The number of rotatable bonds is 6. The van der Waals surface area contributed by atoms with Crippen molar-refractivity contribution in [2.24, 2.45) is 0 Å². The first-order chi connectivity index (χ1) is 8.72. The second kappa shape index (κ2) is 6.08. The average Bonchev–Trinajstić information content (AvgIpc) is 2.91. The summed E-state index contributed by atoms with van der Waals surface area (Å²) in [5.41, 5.74) is 0. The van der Waals surface area contributed by atoms with Crippen molar-refractivity contribution in [1.29, 1.82) is 0 Å². The van der Waals surface area contributed by atoms with Crippen LogP contribution >= 0.6 is 11.8 Å².